The second kappa shape index (κ2) is 21.7. The lowest BCUT2D eigenvalue weighted by molar-refractivity contribution is -0.146. The molecular weight excluding hydrogens is 727 g/mol. The van der Waals surface area contributed by atoms with E-state index < -0.39 is 67.4 Å². The average Bonchev–Trinajstić information content (AvgIpc) is 3.60. The van der Waals surface area contributed by atoms with Crippen LogP contribution in [0.15, 0.2) is 35.3 Å². The number of methoxy groups -OCH3 is 2. The number of guanidine groups is 1. The summed E-state index contributed by atoms with van der Waals surface area (Å²) in [4.78, 5) is 76.5. The Morgan fingerprint density at radius 1 is 1.00 bits per heavy atom. The molecule has 0 spiro atoms. The Morgan fingerprint density at radius 2 is 1.60 bits per heavy atom. The molecule has 1 aliphatic heterocycles. The number of hydrogen-bond acceptors (Lipinski definition) is 8. The molecular formula is C39H67N6O9P. The lowest BCUT2D eigenvalue weighted by Gasteiger charge is -2.40. The maximum absolute atomic E-state index is 14.2. The molecule has 0 radical (unpaired) electrons. The lowest BCUT2D eigenvalue weighted by Crippen LogP contribution is -2.55. The third-order valence-electron chi connectivity index (χ3n) is 10.6. The van der Waals surface area contributed by atoms with Gasteiger partial charge in [0, 0.05) is 62.4 Å². The van der Waals surface area contributed by atoms with Crippen LogP contribution in [0.1, 0.15) is 65.9 Å². The molecule has 3 N–H and O–H groups in total. The largest absolute Gasteiger partial charge is 0.481 e. The molecule has 1 heterocycles. The number of rotatable bonds is 20. The number of aliphatic imine (C=N–C) groups is 1. The van der Waals surface area contributed by atoms with Gasteiger partial charge in [0.25, 0.3) is 0 Å². The first-order chi connectivity index (χ1) is 25.7. The molecule has 1 aromatic rings. The van der Waals surface area contributed by atoms with E-state index in [0.29, 0.717) is 30.9 Å². The van der Waals surface area contributed by atoms with Crippen LogP contribution in [-0.2, 0) is 39.6 Å². The van der Waals surface area contributed by atoms with Crippen molar-refractivity contribution >= 4 is 37.0 Å². The van der Waals surface area contributed by atoms with Gasteiger partial charge >= 0.3 is 5.97 Å². The zero-order valence-corrected chi connectivity index (χ0v) is 35.9. The first-order valence-corrected chi connectivity index (χ1v) is 21.0. The molecule has 1 saturated heterocycles. The highest BCUT2D eigenvalue weighted by atomic mass is 31.2. The predicted molar refractivity (Wildman–Crippen MR) is 214 cm³/mol. The van der Waals surface area contributed by atoms with E-state index in [0.717, 1.165) is 6.42 Å². The van der Waals surface area contributed by atoms with E-state index >= 15 is 0 Å². The van der Waals surface area contributed by atoms with Crippen LogP contribution in [0.4, 0.5) is 0 Å². The summed E-state index contributed by atoms with van der Waals surface area (Å²) in [7, 11) is 7.89. The Balaban J connectivity index is 2.36. The highest BCUT2D eigenvalue weighted by molar-refractivity contribution is 7.59. The van der Waals surface area contributed by atoms with Crippen molar-refractivity contribution in [3.63, 3.8) is 0 Å². The minimum atomic E-state index is -4.38. The molecule has 1 aliphatic rings. The number of carboxylic acids is 1. The maximum Gasteiger partial charge on any atom is 0.313 e. The van der Waals surface area contributed by atoms with E-state index in [4.69, 9.17) is 14.5 Å². The fraction of sp³-hybridized carbons (Fsp3) is 0.718. The number of carbonyl (C=O) groups excluding carboxylic acids is 3. The van der Waals surface area contributed by atoms with Crippen LogP contribution < -0.4 is 5.32 Å². The van der Waals surface area contributed by atoms with Crippen molar-refractivity contribution in [3.8, 4) is 0 Å². The van der Waals surface area contributed by atoms with E-state index in [9.17, 15) is 33.7 Å². The minimum Gasteiger partial charge on any atom is -0.481 e. The number of benzene rings is 1. The lowest BCUT2D eigenvalue weighted by atomic mass is 9.89. The summed E-state index contributed by atoms with van der Waals surface area (Å²) < 4.78 is 25.2. The average molecular weight is 795 g/mol. The predicted octanol–water partition coefficient (Wildman–Crippen LogP) is 3.45. The van der Waals surface area contributed by atoms with Gasteiger partial charge in [-0.25, -0.2) is 4.99 Å². The summed E-state index contributed by atoms with van der Waals surface area (Å²) >= 11 is 0. The molecule has 16 heteroatoms. The van der Waals surface area contributed by atoms with Gasteiger partial charge in [-0.05, 0) is 30.2 Å². The van der Waals surface area contributed by atoms with Gasteiger partial charge < -0.3 is 44.4 Å². The Morgan fingerprint density at radius 3 is 2.09 bits per heavy atom. The number of carbonyl (C=O) groups is 4. The molecule has 0 aliphatic carbocycles. The van der Waals surface area contributed by atoms with Gasteiger partial charge in [-0.2, -0.15) is 0 Å². The van der Waals surface area contributed by atoms with Gasteiger partial charge in [-0.1, -0.05) is 71.4 Å². The summed E-state index contributed by atoms with van der Waals surface area (Å²) in [6, 6.07) is 7.16. The van der Waals surface area contributed by atoms with E-state index in [1.807, 2.05) is 65.7 Å². The third kappa shape index (κ3) is 13.0. The van der Waals surface area contributed by atoms with Crippen molar-refractivity contribution in [2.45, 2.75) is 103 Å². The Hall–Kier alpha value is -3.52. The number of likely N-dealkylation sites (N-methyl/N-ethyl adjacent to an activating group) is 1. The number of nitrogens with zero attached hydrogens (tertiary/aromatic N) is 5. The number of amides is 3. The quantitative estimate of drug-likeness (QED) is 0.1000. The summed E-state index contributed by atoms with van der Waals surface area (Å²) in [5, 5.41) is 12.0. The smallest absolute Gasteiger partial charge is 0.313 e. The van der Waals surface area contributed by atoms with Crippen LogP contribution in [0.5, 0.6) is 0 Å². The Kier molecular flexibility index (Phi) is 18.8. The fourth-order valence-electron chi connectivity index (χ4n) is 7.49. The molecule has 1 aromatic carbocycles. The van der Waals surface area contributed by atoms with Crippen LogP contribution in [0.2, 0.25) is 0 Å². The molecule has 55 heavy (non-hydrogen) atoms. The van der Waals surface area contributed by atoms with Gasteiger partial charge in [-0.15, -0.1) is 0 Å². The monoisotopic (exact) mass is 794 g/mol. The molecule has 9 atom stereocenters. The van der Waals surface area contributed by atoms with Gasteiger partial charge in [0.1, 0.15) is 18.0 Å². The van der Waals surface area contributed by atoms with Crippen LogP contribution in [-0.4, -0.2) is 158 Å². The van der Waals surface area contributed by atoms with Crippen LogP contribution >= 0.6 is 7.37 Å². The minimum absolute atomic E-state index is 0.0189. The van der Waals surface area contributed by atoms with E-state index in [2.05, 4.69) is 5.32 Å². The van der Waals surface area contributed by atoms with Crippen molar-refractivity contribution in [1.29, 1.82) is 0 Å². The van der Waals surface area contributed by atoms with E-state index in [1.54, 1.807) is 61.2 Å². The van der Waals surface area contributed by atoms with Crippen molar-refractivity contribution in [2.24, 2.45) is 22.7 Å². The molecule has 15 nitrogen and oxygen atoms in total. The summed E-state index contributed by atoms with van der Waals surface area (Å²) in [6.07, 6.45) is -0.527. The number of carboxylic acid groups (broad SMARTS) is 1. The first kappa shape index (κ1) is 47.6. The molecule has 0 saturated carbocycles. The van der Waals surface area contributed by atoms with Crippen molar-refractivity contribution in [3.05, 3.63) is 35.9 Å². The number of ether oxygens (including phenoxy) is 2. The van der Waals surface area contributed by atoms with Crippen LogP contribution in [0.3, 0.4) is 0 Å². The Labute approximate surface area is 328 Å². The summed E-state index contributed by atoms with van der Waals surface area (Å²) in [5.74, 6) is -4.10. The molecule has 0 bridgehead atoms. The molecule has 1 fully saturated rings. The van der Waals surface area contributed by atoms with Crippen molar-refractivity contribution < 1.29 is 43.2 Å². The number of likely N-dealkylation sites (tertiary alicyclic amines) is 1. The molecule has 3 amide bonds. The first-order valence-electron chi connectivity index (χ1n) is 19.1. The molecule has 3 unspecified atom stereocenters. The summed E-state index contributed by atoms with van der Waals surface area (Å²) in [5.41, 5.74) is 0.658. The van der Waals surface area contributed by atoms with Gasteiger partial charge in [0.05, 0.1) is 36.6 Å². The topological polar surface area (TPSA) is 182 Å². The third-order valence-corrected chi connectivity index (χ3v) is 12.6. The van der Waals surface area contributed by atoms with Gasteiger partial charge in [0.2, 0.25) is 25.1 Å². The standard InChI is InChI=1S/C39H67N6O9P/c1-13-26(4)35(44(10)38(50)34(25(2)3)41-39(42(6)7)43(8)9)30(53-11)23-32(46)45-21-17-20-29(45)36(54-12)27(5)37(49)40-31(55(51,52)24-33(47)48)22-28-18-15-14-16-19-28/h14-16,18-19,25-27,29-31,34-36H,13,17,20-24H2,1-12H3,(H,40,49)(H,47,48)(H,51,52)/t26-,27+,29?,30+,31+,34?,35-,36+/m0/s1. The zero-order valence-electron chi connectivity index (χ0n) is 35.0. The summed E-state index contributed by atoms with van der Waals surface area (Å²) in [6.45, 7) is 10.1. The maximum atomic E-state index is 14.2. The second-order valence-corrected chi connectivity index (χ2v) is 18.0. The normalized spacial score (nSPS) is 19.2. The highest BCUT2D eigenvalue weighted by Crippen LogP contribution is 2.46. The fourth-order valence-corrected chi connectivity index (χ4v) is 8.92. The van der Waals surface area contributed by atoms with Crippen molar-refractivity contribution in [2.75, 3.05) is 62.2 Å². The van der Waals surface area contributed by atoms with Crippen LogP contribution in [0, 0.1) is 17.8 Å². The van der Waals surface area contributed by atoms with E-state index in [-0.39, 0.29) is 36.5 Å². The zero-order chi connectivity index (χ0) is 41.8. The number of nitrogens with one attached hydrogen (secondary N) is 1. The number of hydrogen-bond donors (Lipinski definition) is 3. The second-order valence-electron chi connectivity index (χ2n) is 15.5. The van der Waals surface area contributed by atoms with Gasteiger partial charge in [0.15, 0.2) is 5.96 Å². The van der Waals surface area contributed by atoms with Crippen LogP contribution in [0.25, 0.3) is 0 Å². The van der Waals surface area contributed by atoms with Gasteiger partial charge in [-0.3, -0.25) is 23.7 Å². The Bertz CT molecular complexity index is 1480. The molecule has 0 aromatic heterocycles. The number of aliphatic carboxylic acids is 1. The van der Waals surface area contributed by atoms with E-state index in [1.165, 1.54) is 7.11 Å². The highest BCUT2D eigenvalue weighted by Gasteiger charge is 2.44. The SMILES string of the molecule is CC[C@H](C)[C@@H]([C@@H](CC(=O)N1CCCC1[C@H](OC)[C@@H](C)C(=O)N[C@@H](Cc1ccccc1)P(=O)(O)CC(=O)O)OC)N(C)C(=O)C(N=C(N(C)C)N(C)C)C(C)C. The molecule has 312 valence electrons. The van der Waals surface area contributed by atoms with Crippen molar-refractivity contribution in [1.82, 2.24) is 24.9 Å². The molecule has 2 rings (SSSR count).